The minimum atomic E-state index is -0.926. The van der Waals surface area contributed by atoms with Gasteiger partial charge in [0, 0.05) is 23.6 Å². The summed E-state index contributed by atoms with van der Waals surface area (Å²) >= 11 is 0. The number of aliphatic hydroxyl groups excluding tert-OH is 1. The number of rotatable bonds is 6. The highest BCUT2D eigenvalue weighted by Crippen LogP contribution is 2.47. The van der Waals surface area contributed by atoms with Crippen LogP contribution in [0.2, 0.25) is 0 Å². The number of nitrogens with one attached hydrogen (secondary N) is 1. The Morgan fingerprint density at radius 1 is 1.23 bits per heavy atom. The SMILES string of the molecule is O=C(O)C[C@@H]1C[C@@H]2c3cc(NC(=O)CC4CC4)ccc3O[C@@H]2[C@H](CO)O1. The fraction of sp³-hybridized carbons (Fsp3) is 0.579. The summed E-state index contributed by atoms with van der Waals surface area (Å²) in [5.74, 6) is 0.269. The Morgan fingerprint density at radius 3 is 2.73 bits per heavy atom. The molecule has 140 valence electrons. The van der Waals surface area contributed by atoms with Gasteiger partial charge in [0.05, 0.1) is 19.1 Å². The average Bonchev–Trinajstić information content (AvgIpc) is 3.33. The lowest BCUT2D eigenvalue weighted by Gasteiger charge is -2.36. The molecule has 0 aromatic heterocycles. The van der Waals surface area contributed by atoms with Crippen LogP contribution in [0.15, 0.2) is 18.2 Å². The van der Waals surface area contributed by atoms with Crippen LogP contribution < -0.4 is 10.1 Å². The van der Waals surface area contributed by atoms with E-state index in [0.717, 1.165) is 24.1 Å². The molecule has 1 aliphatic carbocycles. The molecule has 3 N–H and O–H groups in total. The molecule has 0 spiro atoms. The smallest absolute Gasteiger partial charge is 0.305 e. The van der Waals surface area contributed by atoms with E-state index < -0.39 is 18.2 Å². The van der Waals surface area contributed by atoms with Gasteiger partial charge in [-0.15, -0.1) is 0 Å². The third kappa shape index (κ3) is 3.54. The molecular weight excluding hydrogens is 338 g/mol. The van der Waals surface area contributed by atoms with Crippen LogP contribution in [0.4, 0.5) is 5.69 Å². The van der Waals surface area contributed by atoms with Gasteiger partial charge in [0.25, 0.3) is 0 Å². The van der Waals surface area contributed by atoms with E-state index >= 15 is 0 Å². The number of carboxylic acids is 1. The Bertz CT molecular complexity index is 716. The second-order valence-electron chi connectivity index (χ2n) is 7.45. The minimum absolute atomic E-state index is 0.0203. The molecule has 3 aliphatic rings. The molecular formula is C19H23NO6. The molecule has 4 atom stereocenters. The van der Waals surface area contributed by atoms with Gasteiger partial charge in [-0.25, -0.2) is 0 Å². The topological polar surface area (TPSA) is 105 Å². The number of aliphatic carboxylic acids is 1. The van der Waals surface area contributed by atoms with Gasteiger partial charge in [0.15, 0.2) is 0 Å². The third-order valence-electron chi connectivity index (χ3n) is 5.36. The fourth-order valence-corrected chi connectivity index (χ4v) is 3.96. The number of amides is 1. The van der Waals surface area contributed by atoms with Crippen molar-refractivity contribution in [1.82, 2.24) is 0 Å². The van der Waals surface area contributed by atoms with E-state index in [2.05, 4.69) is 5.32 Å². The van der Waals surface area contributed by atoms with Crippen LogP contribution in [0.5, 0.6) is 5.75 Å². The molecule has 0 unspecified atom stereocenters. The highest BCUT2D eigenvalue weighted by atomic mass is 16.6. The molecule has 0 radical (unpaired) electrons. The van der Waals surface area contributed by atoms with E-state index in [1.165, 1.54) is 0 Å². The predicted molar refractivity (Wildman–Crippen MR) is 92.2 cm³/mol. The molecule has 4 rings (SSSR count). The first-order valence-electron chi connectivity index (χ1n) is 9.12. The molecule has 7 heteroatoms. The number of aliphatic hydroxyl groups is 1. The molecule has 2 fully saturated rings. The zero-order chi connectivity index (χ0) is 18.3. The largest absolute Gasteiger partial charge is 0.487 e. The summed E-state index contributed by atoms with van der Waals surface area (Å²) in [7, 11) is 0. The number of carbonyl (C=O) groups excluding carboxylic acids is 1. The number of anilines is 1. The summed E-state index contributed by atoms with van der Waals surface area (Å²) in [5.41, 5.74) is 1.66. The maximum atomic E-state index is 12.1. The zero-order valence-corrected chi connectivity index (χ0v) is 14.4. The highest BCUT2D eigenvalue weighted by Gasteiger charge is 2.46. The maximum Gasteiger partial charge on any atom is 0.305 e. The van der Waals surface area contributed by atoms with Crippen molar-refractivity contribution in [3.63, 3.8) is 0 Å². The van der Waals surface area contributed by atoms with Gasteiger partial charge in [-0.2, -0.15) is 0 Å². The normalized spacial score (nSPS) is 29.4. The van der Waals surface area contributed by atoms with E-state index in [0.29, 0.717) is 24.5 Å². The number of hydrogen-bond donors (Lipinski definition) is 3. The van der Waals surface area contributed by atoms with Crippen LogP contribution in [-0.2, 0) is 14.3 Å². The molecule has 7 nitrogen and oxygen atoms in total. The van der Waals surface area contributed by atoms with Gasteiger partial charge in [-0.3, -0.25) is 9.59 Å². The van der Waals surface area contributed by atoms with Gasteiger partial charge in [0.1, 0.15) is 18.0 Å². The van der Waals surface area contributed by atoms with E-state index in [4.69, 9.17) is 14.6 Å². The van der Waals surface area contributed by atoms with Crippen molar-refractivity contribution in [2.45, 2.75) is 56.3 Å². The highest BCUT2D eigenvalue weighted by molar-refractivity contribution is 5.91. The summed E-state index contributed by atoms with van der Waals surface area (Å²) in [6.07, 6.45) is 1.86. The van der Waals surface area contributed by atoms with Gasteiger partial charge < -0.3 is 25.0 Å². The third-order valence-corrected chi connectivity index (χ3v) is 5.36. The number of fused-ring (bicyclic) bond motifs is 3. The minimum Gasteiger partial charge on any atom is -0.487 e. The quantitative estimate of drug-likeness (QED) is 0.715. The number of benzene rings is 1. The van der Waals surface area contributed by atoms with Gasteiger partial charge >= 0.3 is 5.97 Å². The number of carbonyl (C=O) groups is 2. The Labute approximate surface area is 151 Å². The van der Waals surface area contributed by atoms with Crippen LogP contribution in [0.3, 0.4) is 0 Å². The van der Waals surface area contributed by atoms with Crippen molar-refractivity contribution in [1.29, 1.82) is 0 Å². The predicted octanol–water partition coefficient (Wildman–Crippen LogP) is 1.89. The maximum absolute atomic E-state index is 12.1. The van der Waals surface area contributed by atoms with Crippen LogP contribution in [-0.4, -0.2) is 47.0 Å². The first-order valence-corrected chi connectivity index (χ1v) is 9.12. The van der Waals surface area contributed by atoms with Gasteiger partial charge in [-0.05, 0) is 43.4 Å². The standard InChI is InChI=1S/C19H23NO6/c21-9-16-19-14(7-12(25-16)8-18(23)24)13-6-11(3-4-15(13)26-19)20-17(22)5-10-1-2-10/h3-4,6,10,12,14,16,19,21H,1-2,5,7-9H2,(H,20,22)(H,23,24)/t12-,14+,16-,19-/m0/s1. The number of ether oxygens (including phenoxy) is 2. The van der Waals surface area contributed by atoms with Gasteiger partial charge in [0.2, 0.25) is 5.91 Å². The van der Waals surface area contributed by atoms with Crippen LogP contribution in [0.1, 0.15) is 43.6 Å². The molecule has 2 heterocycles. The van der Waals surface area contributed by atoms with Gasteiger partial charge in [-0.1, -0.05) is 0 Å². The van der Waals surface area contributed by atoms with E-state index in [9.17, 15) is 14.7 Å². The summed E-state index contributed by atoms with van der Waals surface area (Å²) in [4.78, 5) is 23.1. The summed E-state index contributed by atoms with van der Waals surface area (Å²) in [6.45, 7) is -0.226. The molecule has 0 bridgehead atoms. The van der Waals surface area contributed by atoms with Crippen LogP contribution >= 0.6 is 0 Å². The van der Waals surface area contributed by atoms with Crippen molar-refractivity contribution >= 4 is 17.6 Å². The summed E-state index contributed by atoms with van der Waals surface area (Å²) in [5, 5.41) is 21.6. The molecule has 1 amide bonds. The lowest BCUT2D eigenvalue weighted by atomic mass is 9.84. The monoisotopic (exact) mass is 361 g/mol. The van der Waals surface area contributed by atoms with E-state index in [-0.39, 0.29) is 31.0 Å². The van der Waals surface area contributed by atoms with Crippen LogP contribution in [0.25, 0.3) is 0 Å². The fourth-order valence-electron chi connectivity index (χ4n) is 3.96. The first-order chi connectivity index (χ1) is 12.5. The van der Waals surface area contributed by atoms with E-state index in [1.54, 1.807) is 0 Å². The van der Waals surface area contributed by atoms with Crippen molar-refractivity contribution < 1.29 is 29.3 Å². The second kappa shape index (κ2) is 6.89. The molecule has 26 heavy (non-hydrogen) atoms. The van der Waals surface area contributed by atoms with Crippen molar-refractivity contribution in [3.05, 3.63) is 23.8 Å². The summed E-state index contributed by atoms with van der Waals surface area (Å²) < 4.78 is 11.7. The molecule has 1 aromatic rings. The zero-order valence-electron chi connectivity index (χ0n) is 14.4. The average molecular weight is 361 g/mol. The Kier molecular flexibility index (Phi) is 4.58. The Morgan fingerprint density at radius 2 is 2.04 bits per heavy atom. The lowest BCUT2D eigenvalue weighted by molar-refractivity contribution is -0.153. The molecule has 1 saturated heterocycles. The first kappa shape index (κ1) is 17.3. The number of hydrogen-bond acceptors (Lipinski definition) is 5. The van der Waals surface area contributed by atoms with Crippen molar-refractivity contribution in [3.8, 4) is 5.75 Å². The number of carboxylic acid groups (broad SMARTS) is 1. The van der Waals surface area contributed by atoms with E-state index in [1.807, 2.05) is 18.2 Å². The lowest BCUT2D eigenvalue weighted by Crippen LogP contribution is -2.46. The Hall–Kier alpha value is -2.12. The Balaban J connectivity index is 1.52. The van der Waals surface area contributed by atoms with Crippen LogP contribution in [0, 0.1) is 5.92 Å². The van der Waals surface area contributed by atoms with Crippen molar-refractivity contribution in [2.75, 3.05) is 11.9 Å². The molecule has 1 aromatic carbocycles. The molecule has 2 aliphatic heterocycles. The molecule has 1 saturated carbocycles. The van der Waals surface area contributed by atoms with Crippen molar-refractivity contribution in [2.24, 2.45) is 5.92 Å². The second-order valence-corrected chi connectivity index (χ2v) is 7.45. The summed E-state index contributed by atoms with van der Waals surface area (Å²) in [6, 6.07) is 5.54.